The molecule has 2 N–H and O–H groups in total. The largest absolute Gasteiger partial charge is 0.490 e. The summed E-state index contributed by atoms with van der Waals surface area (Å²) in [6, 6.07) is 11.1. The molecule has 0 aliphatic carbocycles. The molecule has 0 unspecified atom stereocenters. The fourth-order valence-electron chi connectivity index (χ4n) is 2.34. The quantitative estimate of drug-likeness (QED) is 0.409. The summed E-state index contributed by atoms with van der Waals surface area (Å²) in [6.45, 7) is 5.76. The lowest BCUT2D eigenvalue weighted by Crippen LogP contribution is -2.43. The Labute approximate surface area is 189 Å². The molecule has 0 saturated heterocycles. The second-order valence-electron chi connectivity index (χ2n) is 6.76. The first kappa shape index (κ1) is 24.2. The number of hydrazine groups is 1. The maximum absolute atomic E-state index is 12.2. The van der Waals surface area contributed by atoms with Gasteiger partial charge in [-0.25, -0.2) is 4.79 Å². The summed E-state index contributed by atoms with van der Waals surface area (Å²) in [5.41, 5.74) is 5.35. The van der Waals surface area contributed by atoms with Crippen molar-refractivity contribution >= 4 is 33.7 Å². The van der Waals surface area contributed by atoms with Gasteiger partial charge in [0.05, 0.1) is 22.7 Å². The summed E-state index contributed by atoms with van der Waals surface area (Å²) in [5, 5.41) is 0. The second kappa shape index (κ2) is 11.9. The molecule has 0 atom stereocenters. The lowest BCUT2D eigenvalue weighted by molar-refractivity contribution is -0.123. The number of carbonyl (C=O) groups excluding carboxylic acids is 3. The number of hydrogen-bond acceptors (Lipinski definition) is 6. The van der Waals surface area contributed by atoms with E-state index in [4.69, 9.17) is 14.2 Å². The molecule has 0 radical (unpaired) electrons. The van der Waals surface area contributed by atoms with Gasteiger partial charge in [0.1, 0.15) is 11.5 Å². The van der Waals surface area contributed by atoms with Crippen molar-refractivity contribution in [2.45, 2.75) is 33.3 Å². The van der Waals surface area contributed by atoms with Gasteiger partial charge in [-0.05, 0) is 78.7 Å². The van der Waals surface area contributed by atoms with Gasteiger partial charge in [0.15, 0.2) is 6.61 Å². The fraction of sp³-hybridized carbons (Fsp3) is 0.318. The van der Waals surface area contributed by atoms with E-state index in [1.54, 1.807) is 42.5 Å². The van der Waals surface area contributed by atoms with Crippen LogP contribution in [-0.4, -0.2) is 37.1 Å². The van der Waals surface area contributed by atoms with Crippen LogP contribution in [-0.2, 0) is 9.53 Å². The summed E-state index contributed by atoms with van der Waals surface area (Å²) in [7, 11) is 0. The highest BCUT2D eigenvalue weighted by atomic mass is 79.9. The third-order valence-corrected chi connectivity index (χ3v) is 4.39. The van der Waals surface area contributed by atoms with E-state index in [2.05, 4.69) is 26.8 Å². The number of hydrogen-bond donors (Lipinski definition) is 2. The Morgan fingerprint density at radius 2 is 1.68 bits per heavy atom. The van der Waals surface area contributed by atoms with Crippen LogP contribution in [0, 0.1) is 0 Å². The van der Waals surface area contributed by atoms with E-state index in [0.29, 0.717) is 33.7 Å². The summed E-state index contributed by atoms with van der Waals surface area (Å²) in [6.07, 6.45) is 0.745. The topological polar surface area (TPSA) is 103 Å². The van der Waals surface area contributed by atoms with E-state index in [9.17, 15) is 14.4 Å². The summed E-state index contributed by atoms with van der Waals surface area (Å²) >= 11 is 3.36. The highest BCUT2D eigenvalue weighted by Crippen LogP contribution is 2.26. The average Bonchev–Trinajstić information content (AvgIpc) is 2.75. The average molecular weight is 493 g/mol. The molecule has 2 amide bonds. The van der Waals surface area contributed by atoms with Crippen molar-refractivity contribution in [1.29, 1.82) is 0 Å². The van der Waals surface area contributed by atoms with Gasteiger partial charge in [-0.1, -0.05) is 6.92 Å². The molecule has 9 heteroatoms. The summed E-state index contributed by atoms with van der Waals surface area (Å²) < 4.78 is 16.6. The molecule has 31 heavy (non-hydrogen) atoms. The van der Waals surface area contributed by atoms with Gasteiger partial charge in [0.2, 0.25) is 0 Å². The lowest BCUT2D eigenvalue weighted by atomic mass is 10.2. The molecular formula is C22H25BrN2O6. The molecule has 0 fully saturated rings. The van der Waals surface area contributed by atoms with Gasteiger partial charge in [0.25, 0.3) is 11.8 Å². The van der Waals surface area contributed by atoms with Gasteiger partial charge in [0, 0.05) is 5.56 Å². The van der Waals surface area contributed by atoms with E-state index in [1.165, 1.54) is 0 Å². The van der Waals surface area contributed by atoms with Gasteiger partial charge >= 0.3 is 5.97 Å². The van der Waals surface area contributed by atoms with Crippen LogP contribution in [0.15, 0.2) is 46.9 Å². The fourth-order valence-corrected chi connectivity index (χ4v) is 2.81. The minimum absolute atomic E-state index is 0.00125. The predicted octanol–water partition coefficient (Wildman–Crippen LogP) is 3.64. The smallest absolute Gasteiger partial charge is 0.338 e. The third-order valence-electron chi connectivity index (χ3n) is 3.77. The van der Waals surface area contributed by atoms with Gasteiger partial charge in [-0.2, -0.15) is 0 Å². The predicted molar refractivity (Wildman–Crippen MR) is 118 cm³/mol. The lowest BCUT2D eigenvalue weighted by Gasteiger charge is -2.13. The van der Waals surface area contributed by atoms with Gasteiger partial charge in [-0.3, -0.25) is 20.4 Å². The van der Waals surface area contributed by atoms with Crippen LogP contribution in [0.1, 0.15) is 47.9 Å². The third kappa shape index (κ3) is 7.93. The van der Waals surface area contributed by atoms with Crippen molar-refractivity contribution in [3.63, 3.8) is 0 Å². The minimum atomic E-state index is -0.543. The SMILES string of the molecule is CCCOC(=O)c1ccc(OCC(=O)NNC(=O)c2ccc(OC(C)C)c(Br)c2)cc1. The number of rotatable bonds is 9. The maximum Gasteiger partial charge on any atom is 0.338 e. The Morgan fingerprint density at radius 1 is 1.00 bits per heavy atom. The number of benzene rings is 2. The van der Waals surface area contributed by atoms with E-state index >= 15 is 0 Å². The van der Waals surface area contributed by atoms with Crippen LogP contribution in [0.5, 0.6) is 11.5 Å². The minimum Gasteiger partial charge on any atom is -0.490 e. The molecule has 2 aromatic rings. The first-order valence-corrected chi connectivity index (χ1v) is 10.5. The van der Waals surface area contributed by atoms with E-state index in [1.807, 2.05) is 20.8 Å². The van der Waals surface area contributed by atoms with Crippen LogP contribution >= 0.6 is 15.9 Å². The first-order valence-electron chi connectivity index (χ1n) is 9.75. The van der Waals surface area contributed by atoms with Crippen molar-refractivity contribution in [3.8, 4) is 11.5 Å². The van der Waals surface area contributed by atoms with Gasteiger partial charge < -0.3 is 14.2 Å². The van der Waals surface area contributed by atoms with E-state index in [-0.39, 0.29) is 12.7 Å². The zero-order valence-corrected chi connectivity index (χ0v) is 19.2. The van der Waals surface area contributed by atoms with Crippen molar-refractivity contribution in [2.75, 3.05) is 13.2 Å². The zero-order valence-electron chi connectivity index (χ0n) is 17.6. The van der Waals surface area contributed by atoms with Gasteiger partial charge in [-0.15, -0.1) is 0 Å². The van der Waals surface area contributed by atoms with Crippen LogP contribution in [0.2, 0.25) is 0 Å². The second-order valence-corrected chi connectivity index (χ2v) is 7.62. The zero-order chi connectivity index (χ0) is 22.8. The monoisotopic (exact) mass is 492 g/mol. The van der Waals surface area contributed by atoms with Crippen molar-refractivity contribution in [1.82, 2.24) is 10.9 Å². The summed E-state index contributed by atoms with van der Waals surface area (Å²) in [5.74, 6) is -0.421. The molecule has 0 aromatic heterocycles. The summed E-state index contributed by atoms with van der Waals surface area (Å²) in [4.78, 5) is 35.9. The maximum atomic E-state index is 12.2. The van der Waals surface area contributed by atoms with E-state index in [0.717, 1.165) is 6.42 Å². The Kier molecular flexibility index (Phi) is 9.33. The van der Waals surface area contributed by atoms with Crippen LogP contribution in [0.4, 0.5) is 0 Å². The van der Waals surface area contributed by atoms with Crippen molar-refractivity contribution in [2.24, 2.45) is 0 Å². The molecule has 0 aliphatic heterocycles. The highest BCUT2D eigenvalue weighted by Gasteiger charge is 2.12. The molecule has 166 valence electrons. The number of halogens is 1. The Hall–Kier alpha value is -3.07. The number of esters is 1. The van der Waals surface area contributed by atoms with Crippen LogP contribution in [0.25, 0.3) is 0 Å². The molecule has 2 rings (SSSR count). The normalized spacial score (nSPS) is 10.4. The van der Waals surface area contributed by atoms with Crippen molar-refractivity contribution in [3.05, 3.63) is 58.1 Å². The van der Waals surface area contributed by atoms with Crippen molar-refractivity contribution < 1.29 is 28.6 Å². The standard InChI is InChI=1S/C22H25BrN2O6/c1-4-11-29-22(28)15-5-8-17(9-6-15)30-13-20(26)24-25-21(27)16-7-10-19(18(23)12-16)31-14(2)3/h5-10,12,14H,4,11,13H2,1-3H3,(H,24,26)(H,25,27). The molecule has 0 saturated carbocycles. The highest BCUT2D eigenvalue weighted by molar-refractivity contribution is 9.10. The molecule has 8 nitrogen and oxygen atoms in total. The Balaban J connectivity index is 1.79. The van der Waals surface area contributed by atoms with Crippen LogP contribution < -0.4 is 20.3 Å². The Bertz CT molecular complexity index is 915. The molecule has 2 aromatic carbocycles. The number of carbonyl (C=O) groups is 3. The molecule has 0 heterocycles. The Morgan fingerprint density at radius 3 is 2.29 bits per heavy atom. The molecular weight excluding hydrogens is 468 g/mol. The number of amides is 2. The first-order chi connectivity index (χ1) is 14.8. The number of nitrogens with one attached hydrogen (secondary N) is 2. The number of ether oxygens (including phenoxy) is 3. The van der Waals surface area contributed by atoms with Crippen LogP contribution in [0.3, 0.4) is 0 Å². The molecule has 0 bridgehead atoms. The van der Waals surface area contributed by atoms with E-state index < -0.39 is 17.8 Å². The molecule has 0 spiro atoms. The molecule has 0 aliphatic rings.